The van der Waals surface area contributed by atoms with Crippen LogP contribution in [0.25, 0.3) is 0 Å². The number of halogens is 4. The molecule has 0 aromatic heterocycles. The van der Waals surface area contributed by atoms with Crippen LogP contribution in [-0.4, -0.2) is 40.9 Å². The maximum Gasteiger partial charge on any atom is 0.393 e. The second kappa shape index (κ2) is 8.67. The fraction of sp³-hybridized carbons (Fsp3) is 0.875. The Bertz CT molecular complexity index is 539. The van der Waals surface area contributed by atoms with Crippen LogP contribution in [0.4, 0.5) is 17.6 Å². The normalized spacial score (nSPS) is 36.7. The van der Waals surface area contributed by atoms with E-state index in [1.807, 2.05) is 0 Å². The third kappa shape index (κ3) is 5.41. The Morgan fingerprint density at radius 2 is 1.73 bits per heavy atom. The molecular formula is C16H24F4N4OS. The first-order valence-corrected chi connectivity index (χ1v) is 9.13. The number of thiocarbonyl (C=S) groups is 1. The average Bonchev–Trinajstić information content (AvgIpc) is 2.53. The number of aliphatic hydroxyl groups is 1. The smallest absolute Gasteiger partial charge is 0.378 e. The third-order valence-corrected chi connectivity index (χ3v) is 5.60. The molecule has 148 valence electrons. The number of hydrogen-bond donors (Lipinski definition) is 4. The summed E-state index contributed by atoms with van der Waals surface area (Å²) in [5, 5.41) is 24.3. The lowest BCUT2D eigenvalue weighted by Crippen LogP contribution is -2.52. The van der Waals surface area contributed by atoms with Gasteiger partial charge in [-0.2, -0.15) is 18.4 Å². The van der Waals surface area contributed by atoms with Gasteiger partial charge in [-0.3, -0.25) is 0 Å². The van der Waals surface area contributed by atoms with Crippen molar-refractivity contribution in [1.29, 1.82) is 5.26 Å². The fourth-order valence-electron chi connectivity index (χ4n) is 3.89. The number of aliphatic hydroxyl groups excluding tert-OH is 1. The topological polar surface area (TPSA) is 94.1 Å². The highest BCUT2D eigenvalue weighted by Gasteiger charge is 2.48. The Labute approximate surface area is 155 Å². The van der Waals surface area contributed by atoms with E-state index in [-0.39, 0.29) is 30.4 Å². The lowest BCUT2D eigenvalue weighted by Gasteiger charge is -2.36. The quantitative estimate of drug-likeness (QED) is 0.332. The molecule has 0 spiro atoms. The molecule has 7 atom stereocenters. The first-order valence-electron chi connectivity index (χ1n) is 8.73. The summed E-state index contributed by atoms with van der Waals surface area (Å²) in [4.78, 5) is 0. The summed E-state index contributed by atoms with van der Waals surface area (Å²) < 4.78 is 53.3. The molecule has 0 heterocycles. The number of hydrogen-bond acceptors (Lipinski definition) is 4. The van der Waals surface area contributed by atoms with Crippen molar-refractivity contribution in [3.05, 3.63) is 0 Å². The summed E-state index contributed by atoms with van der Waals surface area (Å²) in [7, 11) is 0. The van der Waals surface area contributed by atoms with E-state index in [0.29, 0.717) is 19.3 Å². The molecule has 5 nitrogen and oxygen atoms in total. The van der Waals surface area contributed by atoms with E-state index >= 15 is 0 Å². The predicted octanol–water partition coefficient (Wildman–Crippen LogP) is 2.11. The van der Waals surface area contributed by atoms with Crippen LogP contribution in [0.3, 0.4) is 0 Å². The lowest BCUT2D eigenvalue weighted by atomic mass is 9.77. The van der Waals surface area contributed by atoms with Gasteiger partial charge < -0.3 is 21.5 Å². The summed E-state index contributed by atoms with van der Waals surface area (Å²) in [5.74, 6) is -3.30. The largest absolute Gasteiger partial charge is 0.393 e. The van der Waals surface area contributed by atoms with Gasteiger partial charge in [0.2, 0.25) is 0 Å². The Kier molecular flexibility index (Phi) is 7.05. The van der Waals surface area contributed by atoms with Crippen LogP contribution in [0.15, 0.2) is 0 Å². The molecule has 2 saturated carbocycles. The summed E-state index contributed by atoms with van der Waals surface area (Å²) in [6.45, 7) is 0. The van der Waals surface area contributed by atoms with Gasteiger partial charge in [0.05, 0.1) is 17.9 Å². The van der Waals surface area contributed by atoms with Gasteiger partial charge in [0.1, 0.15) is 12.4 Å². The molecule has 2 rings (SSSR count). The Balaban J connectivity index is 1.84. The average molecular weight is 396 g/mol. The first kappa shape index (κ1) is 21.1. The third-order valence-electron chi connectivity index (χ3n) is 5.37. The zero-order chi connectivity index (χ0) is 19.5. The minimum absolute atomic E-state index is 0.132. The molecule has 2 aliphatic carbocycles. The maximum atomic E-state index is 14.0. The molecular weight excluding hydrogens is 372 g/mol. The molecule has 0 bridgehead atoms. The summed E-state index contributed by atoms with van der Waals surface area (Å²) in [6, 6.07) is 1.02. The van der Waals surface area contributed by atoms with Gasteiger partial charge in [0.15, 0.2) is 5.11 Å². The van der Waals surface area contributed by atoms with E-state index in [0.717, 1.165) is 0 Å². The molecule has 0 aliphatic heterocycles. The predicted molar refractivity (Wildman–Crippen MR) is 91.4 cm³/mol. The Hall–Kier alpha value is -1.18. The van der Waals surface area contributed by atoms with Crippen molar-refractivity contribution < 1.29 is 22.7 Å². The van der Waals surface area contributed by atoms with Gasteiger partial charge in [0, 0.05) is 18.0 Å². The molecule has 26 heavy (non-hydrogen) atoms. The SMILES string of the molecule is N#CC1CCC(NC(=S)NC2CCC(C(N)O)C(F)C2)CC1C(F)(F)F. The van der Waals surface area contributed by atoms with Gasteiger partial charge in [-0.05, 0) is 50.7 Å². The van der Waals surface area contributed by atoms with Crippen molar-refractivity contribution in [3.63, 3.8) is 0 Å². The summed E-state index contributed by atoms with van der Waals surface area (Å²) in [5.41, 5.74) is 5.34. The van der Waals surface area contributed by atoms with Crippen molar-refractivity contribution in [1.82, 2.24) is 10.6 Å². The number of rotatable bonds is 3. The molecule has 0 amide bonds. The molecule has 0 radical (unpaired) electrons. The van der Waals surface area contributed by atoms with E-state index < -0.39 is 42.4 Å². The fourth-order valence-corrected chi connectivity index (χ4v) is 4.22. The summed E-state index contributed by atoms with van der Waals surface area (Å²) in [6.07, 6.45) is -5.41. The molecule has 0 aromatic rings. The second-order valence-corrected chi connectivity index (χ2v) is 7.60. The maximum absolute atomic E-state index is 14.0. The van der Waals surface area contributed by atoms with Crippen LogP contribution in [0.5, 0.6) is 0 Å². The summed E-state index contributed by atoms with van der Waals surface area (Å²) >= 11 is 5.16. The Morgan fingerprint density at radius 3 is 2.23 bits per heavy atom. The number of nitriles is 1. The van der Waals surface area contributed by atoms with Gasteiger partial charge >= 0.3 is 6.18 Å². The van der Waals surface area contributed by atoms with Crippen LogP contribution in [0.1, 0.15) is 38.5 Å². The van der Waals surface area contributed by atoms with Crippen LogP contribution >= 0.6 is 12.2 Å². The number of nitrogens with one attached hydrogen (secondary N) is 2. The van der Waals surface area contributed by atoms with Crippen LogP contribution in [0, 0.1) is 29.1 Å². The minimum Gasteiger partial charge on any atom is -0.378 e. The van der Waals surface area contributed by atoms with Crippen LogP contribution < -0.4 is 16.4 Å². The molecule has 0 aromatic carbocycles. The minimum atomic E-state index is -4.42. The van der Waals surface area contributed by atoms with Crippen molar-refractivity contribution >= 4 is 17.3 Å². The number of nitrogens with two attached hydrogens (primary N) is 1. The standard InChI is InChI=1S/C16H24F4N4OS/c17-13-6-10(3-4-11(13)14(22)25)24-15(26)23-9-2-1-8(7-21)12(5-9)16(18,19)20/h8-14,25H,1-6,22H2,(H2,23,24,26). The molecule has 0 saturated heterocycles. The molecule has 10 heteroatoms. The van der Waals surface area contributed by atoms with Gasteiger partial charge in [-0.1, -0.05) is 0 Å². The van der Waals surface area contributed by atoms with Crippen molar-refractivity contribution in [2.45, 2.75) is 69.2 Å². The molecule has 5 N–H and O–H groups in total. The van der Waals surface area contributed by atoms with Crippen LogP contribution in [-0.2, 0) is 0 Å². The van der Waals surface area contributed by atoms with Crippen molar-refractivity contribution in [2.75, 3.05) is 0 Å². The van der Waals surface area contributed by atoms with E-state index in [1.54, 1.807) is 6.07 Å². The van der Waals surface area contributed by atoms with E-state index in [4.69, 9.17) is 23.2 Å². The lowest BCUT2D eigenvalue weighted by molar-refractivity contribution is -0.192. The first-order chi connectivity index (χ1) is 12.1. The molecule has 2 fully saturated rings. The van der Waals surface area contributed by atoms with Gasteiger partial charge in [-0.25, -0.2) is 4.39 Å². The van der Waals surface area contributed by atoms with E-state index in [9.17, 15) is 22.7 Å². The van der Waals surface area contributed by atoms with E-state index in [1.165, 1.54) is 0 Å². The molecule has 7 unspecified atom stereocenters. The molecule has 2 aliphatic rings. The number of alkyl halides is 4. The Morgan fingerprint density at radius 1 is 1.15 bits per heavy atom. The van der Waals surface area contributed by atoms with Crippen molar-refractivity contribution in [3.8, 4) is 6.07 Å². The second-order valence-electron chi connectivity index (χ2n) is 7.19. The highest BCUT2D eigenvalue weighted by Crippen LogP contribution is 2.41. The van der Waals surface area contributed by atoms with Gasteiger partial charge in [0.25, 0.3) is 0 Å². The number of nitrogens with zero attached hydrogens (tertiary/aromatic N) is 1. The van der Waals surface area contributed by atoms with Gasteiger partial charge in [-0.15, -0.1) is 0 Å². The highest BCUT2D eigenvalue weighted by atomic mass is 32.1. The highest BCUT2D eigenvalue weighted by molar-refractivity contribution is 7.80. The monoisotopic (exact) mass is 396 g/mol. The van der Waals surface area contributed by atoms with Crippen molar-refractivity contribution in [2.24, 2.45) is 23.5 Å². The van der Waals surface area contributed by atoms with E-state index in [2.05, 4.69) is 10.6 Å². The van der Waals surface area contributed by atoms with Crippen LogP contribution in [0.2, 0.25) is 0 Å². The zero-order valence-corrected chi connectivity index (χ0v) is 15.0. The zero-order valence-electron chi connectivity index (χ0n) is 14.2.